The fourth-order valence-corrected chi connectivity index (χ4v) is 7.70. The van der Waals surface area contributed by atoms with Crippen molar-refractivity contribution in [2.45, 2.75) is 60.3 Å². The van der Waals surface area contributed by atoms with E-state index in [0.717, 1.165) is 6.92 Å². The van der Waals surface area contributed by atoms with E-state index in [2.05, 4.69) is 27.7 Å². The van der Waals surface area contributed by atoms with Crippen molar-refractivity contribution in [2.24, 2.45) is 0 Å². The van der Waals surface area contributed by atoms with Crippen LogP contribution in [0.3, 0.4) is 0 Å². The summed E-state index contributed by atoms with van der Waals surface area (Å²) in [6.07, 6.45) is 11.9. The van der Waals surface area contributed by atoms with E-state index in [9.17, 15) is 0 Å². The first-order valence-corrected chi connectivity index (χ1v) is 9.55. The van der Waals surface area contributed by atoms with Crippen LogP contribution >= 0.6 is 7.26 Å². The molecule has 0 bridgehead atoms. The Morgan fingerprint density at radius 3 is 1.12 bits per heavy atom. The Morgan fingerprint density at radius 1 is 0.824 bits per heavy atom. The molecule has 0 fully saturated rings. The average Bonchev–Trinajstić information content (AvgIpc) is 2.18. The summed E-state index contributed by atoms with van der Waals surface area (Å²) in [5.74, 6) is -0.833. The monoisotopic (exact) mass is 263 g/mol. The number of hydrogen-bond donors (Lipinski definition) is 1. The standard InChI is InChI=1S/C12H28P.C2H4O2/c1-5-9-13(10-6-2,11-7-3)12-8-4;1-2(3)4/h5-12H2,1-4H3;1H3,(H,3,4)/q+1;. The fourth-order valence-electron chi connectivity index (χ4n) is 2.57. The smallest absolute Gasteiger partial charge is 0.300 e. The van der Waals surface area contributed by atoms with Gasteiger partial charge in [-0.25, -0.2) is 0 Å². The van der Waals surface area contributed by atoms with Gasteiger partial charge in [0, 0.05) is 14.2 Å². The largest absolute Gasteiger partial charge is 0.481 e. The molecular formula is C14H32O2P+. The lowest BCUT2D eigenvalue weighted by Gasteiger charge is -2.26. The third-order valence-corrected chi connectivity index (χ3v) is 8.38. The highest BCUT2D eigenvalue weighted by molar-refractivity contribution is 7.75. The van der Waals surface area contributed by atoms with Crippen molar-refractivity contribution in [3.05, 3.63) is 0 Å². The van der Waals surface area contributed by atoms with E-state index in [1.54, 1.807) is 24.6 Å². The number of rotatable bonds is 8. The van der Waals surface area contributed by atoms with Gasteiger partial charge in [0.1, 0.15) is 0 Å². The normalized spacial score (nSPS) is 10.6. The van der Waals surface area contributed by atoms with Gasteiger partial charge in [0.15, 0.2) is 0 Å². The molecule has 1 N–H and O–H groups in total. The maximum absolute atomic E-state index is 9.00. The maximum atomic E-state index is 9.00. The lowest BCUT2D eigenvalue weighted by Crippen LogP contribution is -2.10. The van der Waals surface area contributed by atoms with Crippen LogP contribution in [0.25, 0.3) is 0 Å². The van der Waals surface area contributed by atoms with Gasteiger partial charge in [0.2, 0.25) is 0 Å². The van der Waals surface area contributed by atoms with E-state index in [4.69, 9.17) is 9.90 Å². The van der Waals surface area contributed by atoms with Crippen molar-refractivity contribution in [3.63, 3.8) is 0 Å². The van der Waals surface area contributed by atoms with Gasteiger partial charge in [-0.1, -0.05) is 27.7 Å². The summed E-state index contributed by atoms with van der Waals surface area (Å²) in [7, 11) is -0.496. The fraction of sp³-hybridized carbons (Fsp3) is 0.929. The van der Waals surface area contributed by atoms with Crippen LogP contribution in [0, 0.1) is 0 Å². The first kappa shape index (κ1) is 19.2. The molecular weight excluding hydrogens is 231 g/mol. The van der Waals surface area contributed by atoms with Crippen molar-refractivity contribution in [2.75, 3.05) is 24.6 Å². The van der Waals surface area contributed by atoms with Crippen LogP contribution in [-0.2, 0) is 4.79 Å². The lowest BCUT2D eigenvalue weighted by atomic mass is 10.5. The minimum Gasteiger partial charge on any atom is -0.481 e. The second kappa shape index (κ2) is 12.4. The van der Waals surface area contributed by atoms with Crippen LogP contribution < -0.4 is 0 Å². The molecule has 3 heteroatoms. The predicted octanol–water partition coefficient (Wildman–Crippen LogP) is 4.73. The van der Waals surface area contributed by atoms with Crippen LogP contribution in [0.1, 0.15) is 60.3 Å². The van der Waals surface area contributed by atoms with Gasteiger partial charge in [-0.3, -0.25) is 4.79 Å². The highest BCUT2D eigenvalue weighted by atomic mass is 31.2. The summed E-state index contributed by atoms with van der Waals surface area (Å²) in [4.78, 5) is 9.00. The van der Waals surface area contributed by atoms with Crippen LogP contribution in [0.4, 0.5) is 0 Å². The van der Waals surface area contributed by atoms with Gasteiger partial charge in [-0.05, 0) is 25.7 Å². The first-order chi connectivity index (χ1) is 7.97. The second-order valence-corrected chi connectivity index (χ2v) is 9.23. The van der Waals surface area contributed by atoms with Crippen molar-refractivity contribution in [1.29, 1.82) is 0 Å². The Kier molecular flexibility index (Phi) is 14.0. The van der Waals surface area contributed by atoms with Crippen LogP contribution in [-0.4, -0.2) is 35.7 Å². The van der Waals surface area contributed by atoms with Gasteiger partial charge in [-0.15, -0.1) is 0 Å². The molecule has 0 unspecified atom stereocenters. The number of carboxylic acid groups (broad SMARTS) is 1. The van der Waals surface area contributed by atoms with E-state index in [1.807, 2.05) is 0 Å². The summed E-state index contributed by atoms with van der Waals surface area (Å²) < 4.78 is 0. The molecule has 0 aromatic rings. The molecule has 0 atom stereocenters. The molecule has 0 spiro atoms. The van der Waals surface area contributed by atoms with E-state index >= 15 is 0 Å². The molecule has 17 heavy (non-hydrogen) atoms. The first-order valence-electron chi connectivity index (χ1n) is 7.02. The molecule has 2 nitrogen and oxygen atoms in total. The summed E-state index contributed by atoms with van der Waals surface area (Å²) in [5, 5.41) is 7.42. The predicted molar refractivity (Wildman–Crippen MR) is 80.9 cm³/mol. The number of aliphatic carboxylic acids is 1. The van der Waals surface area contributed by atoms with E-state index in [-0.39, 0.29) is 0 Å². The highest BCUT2D eigenvalue weighted by Crippen LogP contribution is 2.60. The molecule has 0 aromatic carbocycles. The van der Waals surface area contributed by atoms with Gasteiger partial charge in [0.05, 0.1) is 24.6 Å². The molecule has 0 amide bonds. The molecule has 0 radical (unpaired) electrons. The Hall–Kier alpha value is -0.100. The zero-order chi connectivity index (χ0) is 13.7. The molecule has 0 saturated carbocycles. The van der Waals surface area contributed by atoms with Crippen LogP contribution in [0.2, 0.25) is 0 Å². The Bertz CT molecular complexity index is 148. The summed E-state index contributed by atoms with van der Waals surface area (Å²) in [6, 6.07) is 0. The van der Waals surface area contributed by atoms with Crippen molar-refractivity contribution < 1.29 is 9.90 Å². The van der Waals surface area contributed by atoms with E-state index < -0.39 is 13.2 Å². The molecule has 0 rings (SSSR count). The minimum atomic E-state index is -0.833. The van der Waals surface area contributed by atoms with E-state index in [0.29, 0.717) is 0 Å². The van der Waals surface area contributed by atoms with Gasteiger partial charge < -0.3 is 5.11 Å². The van der Waals surface area contributed by atoms with Crippen LogP contribution in [0.5, 0.6) is 0 Å². The van der Waals surface area contributed by atoms with E-state index in [1.165, 1.54) is 25.7 Å². The SMILES string of the molecule is CC(=O)O.CCC[P+](CCC)(CCC)CCC. The third-order valence-electron chi connectivity index (χ3n) is 2.79. The Morgan fingerprint density at radius 2 is 1.00 bits per heavy atom. The van der Waals surface area contributed by atoms with Crippen molar-refractivity contribution >= 4 is 13.2 Å². The zero-order valence-corrected chi connectivity index (χ0v) is 13.4. The Labute approximate surface area is 109 Å². The topological polar surface area (TPSA) is 37.3 Å². The van der Waals surface area contributed by atoms with Crippen molar-refractivity contribution in [1.82, 2.24) is 0 Å². The molecule has 104 valence electrons. The van der Waals surface area contributed by atoms with Gasteiger partial charge >= 0.3 is 0 Å². The molecule has 0 heterocycles. The minimum absolute atomic E-state index is 0.496. The lowest BCUT2D eigenvalue weighted by molar-refractivity contribution is -0.134. The number of carbonyl (C=O) groups is 1. The summed E-state index contributed by atoms with van der Waals surface area (Å²) in [6.45, 7) is 10.5. The Balaban J connectivity index is 0. The molecule has 0 saturated heterocycles. The van der Waals surface area contributed by atoms with Gasteiger partial charge in [0.25, 0.3) is 5.97 Å². The molecule has 0 aliphatic heterocycles. The summed E-state index contributed by atoms with van der Waals surface area (Å²) in [5.41, 5.74) is 0. The highest BCUT2D eigenvalue weighted by Gasteiger charge is 2.32. The quantitative estimate of drug-likeness (QED) is 0.642. The molecule has 0 aromatic heterocycles. The third kappa shape index (κ3) is 12.2. The number of carboxylic acids is 1. The van der Waals surface area contributed by atoms with Crippen molar-refractivity contribution in [3.8, 4) is 0 Å². The number of hydrogen-bond acceptors (Lipinski definition) is 1. The van der Waals surface area contributed by atoms with Crippen LogP contribution in [0.15, 0.2) is 0 Å². The second-order valence-electron chi connectivity index (χ2n) is 4.76. The zero-order valence-electron chi connectivity index (χ0n) is 12.5. The molecule has 0 aliphatic rings. The maximum Gasteiger partial charge on any atom is 0.300 e. The summed E-state index contributed by atoms with van der Waals surface area (Å²) >= 11 is 0. The van der Waals surface area contributed by atoms with Gasteiger partial charge in [-0.2, -0.15) is 0 Å². The average molecular weight is 263 g/mol. The molecule has 0 aliphatic carbocycles.